The number of aromatic nitrogens is 4. The van der Waals surface area contributed by atoms with Gasteiger partial charge in [0.05, 0.1) is 23.1 Å². The molecule has 0 bridgehead atoms. The number of imidazole rings is 1. The van der Waals surface area contributed by atoms with Crippen LogP contribution in [0.3, 0.4) is 0 Å². The number of pyridine rings is 1. The molecule has 0 unspecified atom stereocenters. The number of benzene rings is 1. The van der Waals surface area contributed by atoms with Gasteiger partial charge in [0, 0.05) is 38.0 Å². The summed E-state index contributed by atoms with van der Waals surface area (Å²) >= 11 is 0. The summed E-state index contributed by atoms with van der Waals surface area (Å²) in [5, 5.41) is 7.43. The first-order valence-corrected chi connectivity index (χ1v) is 11.3. The van der Waals surface area contributed by atoms with Crippen molar-refractivity contribution >= 4 is 17.4 Å². The number of anilines is 1. The minimum Gasteiger partial charge on any atom is -0.406 e. The standard InChI is InChI=1S/C23H20F4N6O2.C2H6/c1-13-17(9-14(10-29-13)19-6-7-21-30-20(28-2)12-33(21)31-19)22(34)32(3)11-15-8-16(4-5-18(15)24)35-23(25,26)27;1-2/h4-10,12,28H,11H2,1-3H3;1-2H3. The summed E-state index contributed by atoms with van der Waals surface area (Å²) in [6, 6.07) is 7.78. The third-order valence-electron chi connectivity index (χ3n) is 5.19. The highest BCUT2D eigenvalue weighted by atomic mass is 19.4. The average Bonchev–Trinajstić information content (AvgIpc) is 3.29. The predicted molar refractivity (Wildman–Crippen MR) is 131 cm³/mol. The Morgan fingerprint density at radius 3 is 2.57 bits per heavy atom. The second-order valence-electron chi connectivity index (χ2n) is 7.72. The van der Waals surface area contributed by atoms with Crippen LogP contribution in [0.5, 0.6) is 5.75 Å². The molecule has 12 heteroatoms. The second-order valence-corrected chi connectivity index (χ2v) is 7.72. The Morgan fingerprint density at radius 2 is 1.89 bits per heavy atom. The molecule has 1 amide bonds. The van der Waals surface area contributed by atoms with Crippen LogP contribution in [0, 0.1) is 12.7 Å². The van der Waals surface area contributed by atoms with Gasteiger partial charge in [-0.1, -0.05) is 13.8 Å². The SMILES string of the molecule is CC.CNc1cn2nc(-c3cnc(C)c(C(=O)N(C)Cc4cc(OC(F)(F)F)ccc4F)c3)ccc2n1. The van der Waals surface area contributed by atoms with E-state index in [1.54, 1.807) is 49.1 Å². The van der Waals surface area contributed by atoms with E-state index in [-0.39, 0.29) is 17.7 Å². The van der Waals surface area contributed by atoms with Gasteiger partial charge in [0.2, 0.25) is 0 Å². The molecule has 1 N–H and O–H groups in total. The molecule has 0 saturated carbocycles. The quantitative estimate of drug-likeness (QED) is 0.341. The third kappa shape index (κ3) is 6.51. The molecule has 0 aliphatic carbocycles. The number of rotatable bonds is 6. The van der Waals surface area contributed by atoms with E-state index in [9.17, 15) is 22.4 Å². The van der Waals surface area contributed by atoms with Gasteiger partial charge in [-0.25, -0.2) is 13.9 Å². The third-order valence-corrected chi connectivity index (χ3v) is 5.19. The number of ether oxygens (including phenoxy) is 1. The molecule has 196 valence electrons. The van der Waals surface area contributed by atoms with Crippen molar-refractivity contribution < 1.29 is 27.1 Å². The first-order valence-electron chi connectivity index (χ1n) is 11.3. The van der Waals surface area contributed by atoms with Crippen LogP contribution in [0.2, 0.25) is 0 Å². The maximum Gasteiger partial charge on any atom is 0.573 e. The van der Waals surface area contributed by atoms with Gasteiger partial charge in [-0.05, 0) is 43.3 Å². The summed E-state index contributed by atoms with van der Waals surface area (Å²) in [6.45, 7) is 5.37. The highest BCUT2D eigenvalue weighted by molar-refractivity contribution is 5.96. The summed E-state index contributed by atoms with van der Waals surface area (Å²) < 4.78 is 57.2. The Balaban J connectivity index is 0.00000186. The summed E-state index contributed by atoms with van der Waals surface area (Å²) in [5.74, 6) is -1.18. The first kappa shape index (κ1) is 27.4. The summed E-state index contributed by atoms with van der Waals surface area (Å²) in [6.07, 6.45) is -1.62. The zero-order valence-corrected chi connectivity index (χ0v) is 20.9. The van der Waals surface area contributed by atoms with Gasteiger partial charge in [0.1, 0.15) is 17.4 Å². The lowest BCUT2D eigenvalue weighted by Gasteiger charge is -2.20. The number of alkyl halides is 3. The van der Waals surface area contributed by atoms with Crippen molar-refractivity contribution in [3.05, 3.63) is 71.4 Å². The molecule has 0 aliphatic heterocycles. The number of halogens is 4. The van der Waals surface area contributed by atoms with E-state index in [0.29, 0.717) is 28.4 Å². The van der Waals surface area contributed by atoms with Crippen molar-refractivity contribution in [2.75, 3.05) is 19.4 Å². The Hall–Kier alpha value is -4.22. The van der Waals surface area contributed by atoms with Crippen LogP contribution >= 0.6 is 0 Å². The van der Waals surface area contributed by atoms with Crippen molar-refractivity contribution in [2.24, 2.45) is 0 Å². The van der Waals surface area contributed by atoms with Gasteiger partial charge in [-0.2, -0.15) is 5.10 Å². The minimum absolute atomic E-state index is 0.128. The lowest BCUT2D eigenvalue weighted by Crippen LogP contribution is -2.27. The van der Waals surface area contributed by atoms with E-state index in [4.69, 9.17) is 0 Å². The topological polar surface area (TPSA) is 84.7 Å². The van der Waals surface area contributed by atoms with E-state index in [1.807, 2.05) is 13.8 Å². The molecule has 4 rings (SSSR count). The summed E-state index contributed by atoms with van der Waals surface area (Å²) in [7, 11) is 3.16. The molecule has 0 fully saturated rings. The number of nitrogens with zero attached hydrogens (tertiary/aromatic N) is 5. The molecule has 37 heavy (non-hydrogen) atoms. The Morgan fingerprint density at radius 1 is 1.16 bits per heavy atom. The van der Waals surface area contributed by atoms with E-state index >= 15 is 0 Å². The van der Waals surface area contributed by atoms with Crippen LogP contribution in [0.15, 0.2) is 48.8 Å². The van der Waals surface area contributed by atoms with Crippen molar-refractivity contribution in [3.8, 4) is 17.0 Å². The number of nitrogens with one attached hydrogen (secondary N) is 1. The fourth-order valence-electron chi connectivity index (χ4n) is 3.45. The number of fused-ring (bicyclic) bond motifs is 1. The van der Waals surface area contributed by atoms with E-state index in [1.165, 1.54) is 11.9 Å². The number of carbonyl (C=O) groups is 1. The molecular weight excluding hydrogens is 492 g/mol. The van der Waals surface area contributed by atoms with E-state index in [0.717, 1.165) is 18.2 Å². The van der Waals surface area contributed by atoms with Gasteiger partial charge < -0.3 is 15.0 Å². The van der Waals surface area contributed by atoms with Crippen molar-refractivity contribution in [3.63, 3.8) is 0 Å². The zero-order valence-electron chi connectivity index (χ0n) is 20.9. The van der Waals surface area contributed by atoms with Crippen LogP contribution in [-0.2, 0) is 6.54 Å². The van der Waals surface area contributed by atoms with E-state index in [2.05, 4.69) is 25.1 Å². The number of hydrogen-bond donors (Lipinski definition) is 1. The smallest absolute Gasteiger partial charge is 0.406 e. The molecule has 0 spiro atoms. The van der Waals surface area contributed by atoms with Crippen LogP contribution < -0.4 is 10.1 Å². The van der Waals surface area contributed by atoms with Gasteiger partial charge in [-0.3, -0.25) is 9.78 Å². The van der Waals surface area contributed by atoms with Crippen LogP contribution in [-0.4, -0.2) is 50.8 Å². The maximum absolute atomic E-state index is 14.2. The molecule has 0 aliphatic rings. The number of amides is 1. The molecule has 3 heterocycles. The fraction of sp³-hybridized carbons (Fsp3) is 0.280. The predicted octanol–water partition coefficient (Wildman–Crippen LogP) is 5.48. The molecule has 8 nitrogen and oxygen atoms in total. The molecule has 4 aromatic rings. The molecule has 1 aromatic carbocycles. The number of carbonyl (C=O) groups excluding carboxylic acids is 1. The zero-order chi connectivity index (χ0) is 27.3. The van der Waals surface area contributed by atoms with Crippen LogP contribution in [0.1, 0.15) is 35.5 Å². The Bertz CT molecular complexity index is 1400. The summed E-state index contributed by atoms with van der Waals surface area (Å²) in [5.41, 5.74) is 2.30. The van der Waals surface area contributed by atoms with Crippen molar-refractivity contribution in [1.29, 1.82) is 0 Å². The van der Waals surface area contributed by atoms with Gasteiger partial charge in [-0.15, -0.1) is 13.2 Å². The minimum atomic E-state index is -4.91. The largest absolute Gasteiger partial charge is 0.573 e. The Labute approximate surface area is 210 Å². The lowest BCUT2D eigenvalue weighted by molar-refractivity contribution is -0.274. The normalized spacial score (nSPS) is 11.1. The molecule has 0 atom stereocenters. The molecular formula is C25H26F4N6O2. The molecule has 0 saturated heterocycles. The van der Waals surface area contributed by atoms with Gasteiger partial charge in [0.15, 0.2) is 5.65 Å². The monoisotopic (exact) mass is 518 g/mol. The molecule has 3 aromatic heterocycles. The lowest BCUT2D eigenvalue weighted by atomic mass is 10.1. The highest BCUT2D eigenvalue weighted by Crippen LogP contribution is 2.26. The van der Waals surface area contributed by atoms with Gasteiger partial charge >= 0.3 is 6.36 Å². The van der Waals surface area contributed by atoms with Crippen LogP contribution in [0.4, 0.5) is 23.4 Å². The number of aryl methyl sites for hydroxylation is 1. The van der Waals surface area contributed by atoms with Gasteiger partial charge in [0.25, 0.3) is 5.91 Å². The molecule has 0 radical (unpaired) electrons. The van der Waals surface area contributed by atoms with Crippen molar-refractivity contribution in [1.82, 2.24) is 24.5 Å². The van der Waals surface area contributed by atoms with Crippen LogP contribution in [0.25, 0.3) is 16.9 Å². The van der Waals surface area contributed by atoms with Crippen molar-refractivity contribution in [2.45, 2.75) is 33.7 Å². The maximum atomic E-state index is 14.2. The number of hydrogen-bond acceptors (Lipinski definition) is 6. The second kappa shape index (κ2) is 11.2. The first-order chi connectivity index (χ1) is 17.5. The Kier molecular flexibility index (Phi) is 8.31. The fourth-order valence-corrected chi connectivity index (χ4v) is 3.45. The average molecular weight is 519 g/mol. The highest BCUT2D eigenvalue weighted by Gasteiger charge is 2.31. The summed E-state index contributed by atoms with van der Waals surface area (Å²) in [4.78, 5) is 23.0. The van der Waals surface area contributed by atoms with E-state index < -0.39 is 23.8 Å².